The minimum Gasteiger partial charge on any atom is -0.365 e. The number of aliphatic hydroxyl groups excluding tert-OH is 1. The van der Waals surface area contributed by atoms with Crippen LogP contribution < -0.4 is 5.73 Å². The van der Waals surface area contributed by atoms with E-state index in [1.165, 1.54) is 4.90 Å². The molecule has 0 bridgehead atoms. The summed E-state index contributed by atoms with van der Waals surface area (Å²) in [6.45, 7) is 0. The van der Waals surface area contributed by atoms with E-state index in [0.717, 1.165) is 0 Å². The van der Waals surface area contributed by atoms with E-state index >= 15 is 0 Å². The van der Waals surface area contributed by atoms with E-state index in [-0.39, 0.29) is 0 Å². The van der Waals surface area contributed by atoms with Gasteiger partial charge in [-0.15, -0.1) is 0 Å². The number of hydrogen-bond donors (Lipinski definition) is 2. The van der Waals surface area contributed by atoms with Gasteiger partial charge in [-0.3, -0.25) is 10.6 Å². The standard InChI is InChI=1S/C3H10N2O/c1-5(2)3(4)6/h3,6H,4H2,1-2H3. The molecular weight excluding hydrogens is 80.0 g/mol. The van der Waals surface area contributed by atoms with Gasteiger partial charge in [-0.1, -0.05) is 0 Å². The van der Waals surface area contributed by atoms with Crippen molar-refractivity contribution in [2.75, 3.05) is 14.1 Å². The second-order valence-corrected chi connectivity index (χ2v) is 1.38. The molecule has 0 saturated heterocycles. The minimum atomic E-state index is -0.815. The molecule has 0 amide bonds. The summed E-state index contributed by atoms with van der Waals surface area (Å²) in [7, 11) is 3.40. The summed E-state index contributed by atoms with van der Waals surface area (Å²) in [5.41, 5.74) is 4.92. The zero-order chi connectivity index (χ0) is 5.15. The first kappa shape index (κ1) is 5.88. The van der Waals surface area contributed by atoms with E-state index in [2.05, 4.69) is 0 Å². The van der Waals surface area contributed by atoms with Crippen molar-refractivity contribution in [1.82, 2.24) is 4.90 Å². The molecule has 0 aliphatic heterocycles. The maximum atomic E-state index is 8.33. The van der Waals surface area contributed by atoms with Crippen LogP contribution in [0.5, 0.6) is 0 Å². The molecular formula is C3H10N2O. The second-order valence-electron chi connectivity index (χ2n) is 1.38. The SMILES string of the molecule is CN(C)C(N)O. The van der Waals surface area contributed by atoms with Crippen molar-refractivity contribution in [2.45, 2.75) is 6.35 Å². The quantitative estimate of drug-likeness (QED) is 0.397. The van der Waals surface area contributed by atoms with Gasteiger partial charge in [-0.2, -0.15) is 0 Å². The minimum absolute atomic E-state index is 0.815. The van der Waals surface area contributed by atoms with Crippen molar-refractivity contribution in [3.05, 3.63) is 0 Å². The van der Waals surface area contributed by atoms with Crippen molar-refractivity contribution in [2.24, 2.45) is 5.73 Å². The van der Waals surface area contributed by atoms with Crippen LogP contribution in [0, 0.1) is 0 Å². The molecule has 0 fully saturated rings. The lowest BCUT2D eigenvalue weighted by molar-refractivity contribution is 0.0468. The first-order valence-electron chi connectivity index (χ1n) is 1.74. The van der Waals surface area contributed by atoms with Gasteiger partial charge in [0.2, 0.25) is 0 Å². The summed E-state index contributed by atoms with van der Waals surface area (Å²) in [6, 6.07) is 0. The Morgan fingerprint density at radius 1 is 1.67 bits per heavy atom. The largest absolute Gasteiger partial charge is 0.365 e. The highest BCUT2D eigenvalue weighted by molar-refractivity contribution is 4.33. The highest BCUT2D eigenvalue weighted by Gasteiger charge is 1.92. The summed E-state index contributed by atoms with van der Waals surface area (Å²) in [6.07, 6.45) is -0.815. The summed E-state index contributed by atoms with van der Waals surface area (Å²) in [4.78, 5) is 1.50. The van der Waals surface area contributed by atoms with Crippen LogP contribution in [0.25, 0.3) is 0 Å². The van der Waals surface area contributed by atoms with E-state index < -0.39 is 6.35 Å². The number of hydrogen-bond acceptors (Lipinski definition) is 3. The molecule has 1 unspecified atom stereocenters. The molecule has 0 aliphatic carbocycles. The molecule has 0 heterocycles. The Bertz CT molecular complexity index is 29.8. The van der Waals surface area contributed by atoms with Crippen molar-refractivity contribution in [3.8, 4) is 0 Å². The molecule has 0 spiro atoms. The Hall–Kier alpha value is -0.120. The summed E-state index contributed by atoms with van der Waals surface area (Å²) >= 11 is 0. The first-order chi connectivity index (χ1) is 2.64. The number of nitrogens with zero attached hydrogens (tertiary/aromatic N) is 1. The first-order valence-corrected chi connectivity index (χ1v) is 1.74. The van der Waals surface area contributed by atoms with Crippen LogP contribution in [0.15, 0.2) is 0 Å². The smallest absolute Gasteiger partial charge is 0.159 e. The van der Waals surface area contributed by atoms with Gasteiger partial charge in [0.05, 0.1) is 0 Å². The van der Waals surface area contributed by atoms with Gasteiger partial charge in [-0.25, -0.2) is 0 Å². The zero-order valence-electron chi connectivity index (χ0n) is 4.05. The van der Waals surface area contributed by atoms with Crippen molar-refractivity contribution < 1.29 is 5.11 Å². The van der Waals surface area contributed by atoms with E-state index in [0.29, 0.717) is 0 Å². The van der Waals surface area contributed by atoms with E-state index in [1.807, 2.05) is 0 Å². The Morgan fingerprint density at radius 2 is 1.83 bits per heavy atom. The number of aliphatic hydroxyl groups is 1. The highest BCUT2D eigenvalue weighted by Crippen LogP contribution is 1.70. The van der Waals surface area contributed by atoms with Crippen LogP contribution in [0.2, 0.25) is 0 Å². The molecule has 0 aromatic carbocycles. The van der Waals surface area contributed by atoms with Gasteiger partial charge in [-0.05, 0) is 14.1 Å². The van der Waals surface area contributed by atoms with Gasteiger partial charge in [0, 0.05) is 0 Å². The Kier molecular flexibility index (Phi) is 2.08. The van der Waals surface area contributed by atoms with E-state index in [4.69, 9.17) is 10.8 Å². The lowest BCUT2D eigenvalue weighted by Crippen LogP contribution is -2.35. The Labute approximate surface area is 37.4 Å². The Morgan fingerprint density at radius 3 is 1.83 bits per heavy atom. The van der Waals surface area contributed by atoms with Crippen LogP contribution in [0.1, 0.15) is 0 Å². The summed E-state index contributed by atoms with van der Waals surface area (Å²) in [5, 5.41) is 8.33. The third-order valence-corrected chi connectivity index (χ3v) is 0.529. The van der Waals surface area contributed by atoms with E-state index in [1.54, 1.807) is 14.1 Å². The zero-order valence-corrected chi connectivity index (χ0v) is 4.05. The molecule has 3 heteroatoms. The third kappa shape index (κ3) is 2.14. The topological polar surface area (TPSA) is 49.5 Å². The molecule has 0 aliphatic rings. The highest BCUT2D eigenvalue weighted by atomic mass is 16.3. The molecule has 38 valence electrons. The van der Waals surface area contributed by atoms with Crippen LogP contribution in [0.3, 0.4) is 0 Å². The molecule has 1 atom stereocenters. The van der Waals surface area contributed by atoms with Gasteiger partial charge in [0.25, 0.3) is 0 Å². The molecule has 0 rings (SSSR count). The molecule has 3 nitrogen and oxygen atoms in total. The fourth-order valence-electron chi connectivity index (χ4n) is 0. The van der Waals surface area contributed by atoms with Crippen LogP contribution in [-0.4, -0.2) is 30.5 Å². The average molecular weight is 90.1 g/mol. The van der Waals surface area contributed by atoms with Crippen molar-refractivity contribution in [1.29, 1.82) is 0 Å². The van der Waals surface area contributed by atoms with Crippen LogP contribution >= 0.6 is 0 Å². The van der Waals surface area contributed by atoms with Gasteiger partial charge < -0.3 is 5.11 Å². The molecule has 0 aromatic rings. The normalized spacial score (nSPS) is 15.5. The molecule has 0 radical (unpaired) electrons. The summed E-state index contributed by atoms with van der Waals surface area (Å²) in [5.74, 6) is 0. The summed E-state index contributed by atoms with van der Waals surface area (Å²) < 4.78 is 0. The lowest BCUT2D eigenvalue weighted by Gasteiger charge is -2.10. The molecule has 0 saturated carbocycles. The third-order valence-electron chi connectivity index (χ3n) is 0.529. The van der Waals surface area contributed by atoms with Crippen molar-refractivity contribution >= 4 is 0 Å². The second kappa shape index (κ2) is 2.12. The van der Waals surface area contributed by atoms with Gasteiger partial charge in [0.15, 0.2) is 6.35 Å². The predicted molar refractivity (Wildman–Crippen MR) is 23.9 cm³/mol. The Balaban J connectivity index is 2.99. The molecule has 3 N–H and O–H groups in total. The molecule has 6 heavy (non-hydrogen) atoms. The van der Waals surface area contributed by atoms with Gasteiger partial charge in [0.1, 0.15) is 0 Å². The maximum Gasteiger partial charge on any atom is 0.159 e. The number of rotatable bonds is 1. The predicted octanol–water partition coefficient (Wildman–Crippen LogP) is -1.22. The fraction of sp³-hybridized carbons (Fsp3) is 1.00. The average Bonchev–Trinajstić information content (AvgIpc) is 1.36. The van der Waals surface area contributed by atoms with Crippen LogP contribution in [0.4, 0.5) is 0 Å². The lowest BCUT2D eigenvalue weighted by atomic mass is 10.8. The maximum absolute atomic E-state index is 8.33. The number of nitrogens with two attached hydrogens (primary N) is 1. The van der Waals surface area contributed by atoms with E-state index in [9.17, 15) is 0 Å². The van der Waals surface area contributed by atoms with Gasteiger partial charge >= 0.3 is 0 Å². The monoisotopic (exact) mass is 90.1 g/mol. The fourth-order valence-corrected chi connectivity index (χ4v) is 0. The van der Waals surface area contributed by atoms with Crippen LogP contribution in [-0.2, 0) is 0 Å². The molecule has 0 aromatic heterocycles. The van der Waals surface area contributed by atoms with Crippen molar-refractivity contribution in [3.63, 3.8) is 0 Å².